The van der Waals surface area contributed by atoms with Crippen molar-refractivity contribution in [3.8, 4) is 0 Å². The van der Waals surface area contributed by atoms with Crippen LogP contribution in [0, 0.1) is 0 Å². The fourth-order valence-corrected chi connectivity index (χ4v) is 4.22. The minimum absolute atomic E-state index is 0.144. The van der Waals surface area contributed by atoms with Gasteiger partial charge in [0, 0.05) is 12.6 Å². The van der Waals surface area contributed by atoms with Crippen molar-refractivity contribution in [3.63, 3.8) is 0 Å². The second kappa shape index (κ2) is 7.94. The molecule has 1 aromatic carbocycles. The predicted molar refractivity (Wildman–Crippen MR) is 108 cm³/mol. The molecule has 6 heteroatoms. The summed E-state index contributed by atoms with van der Waals surface area (Å²) in [6, 6.07) is 7.44. The number of urea groups is 1. The van der Waals surface area contributed by atoms with Crippen molar-refractivity contribution in [1.82, 2.24) is 15.1 Å². The summed E-state index contributed by atoms with van der Waals surface area (Å²) >= 11 is 0. The molecule has 4 amide bonds. The van der Waals surface area contributed by atoms with Gasteiger partial charge in [-0.05, 0) is 49.7 Å². The Kier molecular flexibility index (Phi) is 5.77. The van der Waals surface area contributed by atoms with E-state index in [0.29, 0.717) is 12.5 Å². The van der Waals surface area contributed by atoms with Gasteiger partial charge < -0.3 is 10.2 Å². The standard InChI is InChI=1S/C22H31N3O3/c1-5-18-8-6-7-13-24(18)19(26)14-25-20(27)22(4,23-21(25)28)17-11-9-16(10-12-17)15(2)3/h9-12,15,18H,5-8,13-14H2,1-4H3,(H,23,28). The van der Waals surface area contributed by atoms with Crippen LogP contribution in [0.25, 0.3) is 0 Å². The molecule has 2 aliphatic heterocycles. The van der Waals surface area contributed by atoms with Crippen LogP contribution in [0.4, 0.5) is 4.79 Å². The maximum absolute atomic E-state index is 13.1. The number of rotatable bonds is 5. The molecule has 0 aromatic heterocycles. The van der Waals surface area contributed by atoms with Crippen LogP contribution in [0.1, 0.15) is 70.4 Å². The van der Waals surface area contributed by atoms with Gasteiger partial charge in [0.1, 0.15) is 12.1 Å². The highest BCUT2D eigenvalue weighted by atomic mass is 16.2. The molecule has 0 bridgehead atoms. The molecule has 3 rings (SSSR count). The van der Waals surface area contributed by atoms with Crippen LogP contribution in [0.2, 0.25) is 0 Å². The van der Waals surface area contributed by atoms with Gasteiger partial charge in [-0.1, -0.05) is 45.0 Å². The second-order valence-electron chi connectivity index (χ2n) is 8.37. The molecule has 1 aromatic rings. The summed E-state index contributed by atoms with van der Waals surface area (Å²) in [5.41, 5.74) is 0.764. The molecule has 0 spiro atoms. The third-order valence-electron chi connectivity index (χ3n) is 6.14. The quantitative estimate of drug-likeness (QED) is 0.790. The molecule has 1 N–H and O–H groups in total. The minimum atomic E-state index is -1.14. The second-order valence-corrected chi connectivity index (χ2v) is 8.37. The Bertz CT molecular complexity index is 759. The summed E-state index contributed by atoms with van der Waals surface area (Å²) in [4.78, 5) is 41.4. The normalized spacial score (nSPS) is 25.4. The number of imide groups is 1. The van der Waals surface area contributed by atoms with Crippen LogP contribution in [-0.2, 0) is 15.1 Å². The molecular weight excluding hydrogens is 354 g/mol. The van der Waals surface area contributed by atoms with Crippen molar-refractivity contribution >= 4 is 17.8 Å². The molecule has 2 heterocycles. The number of hydrogen-bond acceptors (Lipinski definition) is 3. The highest BCUT2D eigenvalue weighted by Gasteiger charge is 2.49. The highest BCUT2D eigenvalue weighted by Crippen LogP contribution is 2.30. The van der Waals surface area contributed by atoms with E-state index in [4.69, 9.17) is 0 Å². The third-order valence-corrected chi connectivity index (χ3v) is 6.14. The van der Waals surface area contributed by atoms with E-state index in [1.54, 1.807) is 6.92 Å². The molecular formula is C22H31N3O3. The van der Waals surface area contributed by atoms with Crippen molar-refractivity contribution in [2.24, 2.45) is 0 Å². The topological polar surface area (TPSA) is 69.7 Å². The number of amides is 4. The van der Waals surface area contributed by atoms with Crippen LogP contribution in [0.3, 0.4) is 0 Å². The lowest BCUT2D eigenvalue weighted by molar-refractivity contribution is -0.141. The Labute approximate surface area is 167 Å². The van der Waals surface area contributed by atoms with E-state index in [9.17, 15) is 14.4 Å². The Balaban J connectivity index is 1.76. The van der Waals surface area contributed by atoms with Gasteiger partial charge in [-0.15, -0.1) is 0 Å². The smallest absolute Gasteiger partial charge is 0.325 e. The lowest BCUT2D eigenvalue weighted by Crippen LogP contribution is -2.49. The molecule has 2 aliphatic rings. The number of carbonyl (C=O) groups is 3. The molecule has 152 valence electrons. The predicted octanol–water partition coefficient (Wildman–Crippen LogP) is 3.37. The van der Waals surface area contributed by atoms with Crippen molar-refractivity contribution in [2.45, 2.75) is 70.9 Å². The van der Waals surface area contributed by atoms with Gasteiger partial charge in [-0.2, -0.15) is 0 Å². The lowest BCUT2D eigenvalue weighted by atomic mass is 9.90. The highest BCUT2D eigenvalue weighted by molar-refractivity contribution is 6.09. The molecule has 2 fully saturated rings. The Morgan fingerprint density at radius 2 is 1.89 bits per heavy atom. The number of hydrogen-bond donors (Lipinski definition) is 1. The van der Waals surface area contributed by atoms with E-state index in [1.807, 2.05) is 29.2 Å². The summed E-state index contributed by atoms with van der Waals surface area (Å²) in [5.74, 6) is -0.122. The first-order chi connectivity index (χ1) is 13.3. The van der Waals surface area contributed by atoms with E-state index in [2.05, 4.69) is 26.1 Å². The van der Waals surface area contributed by atoms with Crippen molar-refractivity contribution < 1.29 is 14.4 Å². The van der Waals surface area contributed by atoms with Crippen LogP contribution in [-0.4, -0.2) is 46.8 Å². The van der Waals surface area contributed by atoms with Crippen molar-refractivity contribution in [1.29, 1.82) is 0 Å². The van der Waals surface area contributed by atoms with Gasteiger partial charge in [-0.25, -0.2) is 4.79 Å². The Morgan fingerprint density at radius 1 is 1.21 bits per heavy atom. The SMILES string of the molecule is CCC1CCCCN1C(=O)CN1C(=O)NC(C)(c2ccc(C(C)C)cc2)C1=O. The number of piperidine rings is 1. The zero-order chi connectivity index (χ0) is 20.5. The van der Waals surface area contributed by atoms with Crippen LogP contribution in [0.5, 0.6) is 0 Å². The summed E-state index contributed by atoms with van der Waals surface area (Å²) in [7, 11) is 0. The Hall–Kier alpha value is -2.37. The summed E-state index contributed by atoms with van der Waals surface area (Å²) in [6.07, 6.45) is 3.98. The zero-order valence-electron chi connectivity index (χ0n) is 17.3. The fourth-order valence-electron chi connectivity index (χ4n) is 4.22. The third kappa shape index (κ3) is 3.64. The molecule has 0 aliphatic carbocycles. The van der Waals surface area contributed by atoms with Gasteiger partial charge in [0.05, 0.1) is 0 Å². The van der Waals surface area contributed by atoms with Crippen molar-refractivity contribution in [2.75, 3.05) is 13.1 Å². The minimum Gasteiger partial charge on any atom is -0.338 e. The maximum Gasteiger partial charge on any atom is 0.325 e. The maximum atomic E-state index is 13.1. The average Bonchev–Trinajstić information content (AvgIpc) is 2.91. The summed E-state index contributed by atoms with van der Waals surface area (Å²) < 4.78 is 0. The Morgan fingerprint density at radius 3 is 2.50 bits per heavy atom. The number of nitrogens with zero attached hydrogens (tertiary/aromatic N) is 2. The molecule has 0 radical (unpaired) electrons. The molecule has 2 saturated heterocycles. The van der Waals surface area contributed by atoms with Gasteiger partial charge in [0.15, 0.2) is 0 Å². The molecule has 2 unspecified atom stereocenters. The largest absolute Gasteiger partial charge is 0.338 e. The van der Waals surface area contributed by atoms with Gasteiger partial charge in [0.2, 0.25) is 5.91 Å². The van der Waals surface area contributed by atoms with Gasteiger partial charge >= 0.3 is 6.03 Å². The summed E-state index contributed by atoms with van der Waals surface area (Å²) in [6.45, 7) is 8.50. The number of likely N-dealkylation sites (tertiary alicyclic amines) is 1. The first-order valence-corrected chi connectivity index (χ1v) is 10.3. The monoisotopic (exact) mass is 385 g/mol. The van der Waals surface area contributed by atoms with E-state index < -0.39 is 11.6 Å². The fraction of sp³-hybridized carbons (Fsp3) is 0.591. The molecule has 6 nitrogen and oxygen atoms in total. The van der Waals surface area contributed by atoms with Crippen molar-refractivity contribution in [3.05, 3.63) is 35.4 Å². The van der Waals surface area contributed by atoms with Crippen LogP contribution in [0.15, 0.2) is 24.3 Å². The van der Waals surface area contributed by atoms with E-state index in [-0.39, 0.29) is 24.4 Å². The van der Waals surface area contributed by atoms with Gasteiger partial charge in [-0.3, -0.25) is 14.5 Å². The van der Waals surface area contributed by atoms with E-state index in [0.717, 1.165) is 36.1 Å². The van der Waals surface area contributed by atoms with Crippen LogP contribution >= 0.6 is 0 Å². The zero-order valence-corrected chi connectivity index (χ0v) is 17.3. The van der Waals surface area contributed by atoms with Crippen LogP contribution < -0.4 is 5.32 Å². The number of carbonyl (C=O) groups excluding carboxylic acids is 3. The molecule has 28 heavy (non-hydrogen) atoms. The summed E-state index contributed by atoms with van der Waals surface area (Å²) in [5, 5.41) is 2.80. The number of benzene rings is 1. The van der Waals surface area contributed by atoms with E-state index in [1.165, 1.54) is 5.56 Å². The van der Waals surface area contributed by atoms with E-state index >= 15 is 0 Å². The lowest BCUT2D eigenvalue weighted by Gasteiger charge is -2.36. The average molecular weight is 386 g/mol. The first kappa shape index (κ1) is 20.4. The molecule has 2 atom stereocenters. The van der Waals surface area contributed by atoms with Gasteiger partial charge in [0.25, 0.3) is 5.91 Å². The first-order valence-electron chi connectivity index (χ1n) is 10.3. The molecule has 0 saturated carbocycles. The number of nitrogens with one attached hydrogen (secondary N) is 1.